The number of carbonyl (C=O) groups is 1. The number of benzene rings is 2. The summed E-state index contributed by atoms with van der Waals surface area (Å²) in [5, 5.41) is 10.3. The van der Waals surface area contributed by atoms with E-state index in [1.54, 1.807) is 11.7 Å². The third-order valence-corrected chi connectivity index (χ3v) is 5.85. The summed E-state index contributed by atoms with van der Waals surface area (Å²) in [5.41, 5.74) is 2.25. The third-order valence-electron chi connectivity index (χ3n) is 5.85. The van der Waals surface area contributed by atoms with Crippen LogP contribution in [0, 0.1) is 0 Å². The Kier molecular flexibility index (Phi) is 8.51. The number of ether oxygens (including phenoxy) is 1. The van der Waals surface area contributed by atoms with Crippen LogP contribution in [0.1, 0.15) is 36.8 Å². The number of hydrogen-bond acceptors (Lipinski definition) is 6. The zero-order chi connectivity index (χ0) is 23.6. The van der Waals surface area contributed by atoms with Gasteiger partial charge in [-0.15, -0.1) is 5.10 Å². The van der Waals surface area contributed by atoms with Gasteiger partial charge in [-0.3, -0.25) is 15.0 Å². The molecule has 8 heteroatoms. The van der Waals surface area contributed by atoms with Crippen LogP contribution in [0.5, 0.6) is 5.75 Å². The molecule has 1 fully saturated rings. The van der Waals surface area contributed by atoms with Gasteiger partial charge in [-0.1, -0.05) is 48.9 Å². The first kappa shape index (κ1) is 23.8. The molecule has 0 atom stereocenters. The van der Waals surface area contributed by atoms with E-state index in [0.717, 1.165) is 24.3 Å². The van der Waals surface area contributed by atoms with E-state index in [-0.39, 0.29) is 5.91 Å². The Morgan fingerprint density at radius 3 is 2.65 bits per heavy atom. The fourth-order valence-corrected chi connectivity index (χ4v) is 4.11. The van der Waals surface area contributed by atoms with Gasteiger partial charge in [0.1, 0.15) is 5.75 Å². The molecule has 2 aromatic carbocycles. The zero-order valence-electron chi connectivity index (χ0n) is 19.9. The normalized spacial score (nSPS) is 14.0. The summed E-state index contributed by atoms with van der Waals surface area (Å²) < 4.78 is 7.59. The number of nitrogens with one attached hydrogen (secondary N) is 2. The lowest BCUT2D eigenvalue weighted by Gasteiger charge is -2.26. The Morgan fingerprint density at radius 1 is 1.03 bits per heavy atom. The SMILES string of the molecule is Cn1nc(NC(=O)Cc2ccccc2)nc1NCCCOc1cccc(CN2CCCCC2)c1. The number of aryl methyl sites for hydroxylation is 1. The molecule has 2 heterocycles. The lowest BCUT2D eigenvalue weighted by molar-refractivity contribution is -0.115. The highest BCUT2D eigenvalue weighted by atomic mass is 16.5. The van der Waals surface area contributed by atoms with E-state index in [2.05, 4.69) is 43.8 Å². The van der Waals surface area contributed by atoms with Gasteiger partial charge in [0.25, 0.3) is 5.95 Å². The van der Waals surface area contributed by atoms with Crippen LogP contribution in [0.4, 0.5) is 11.9 Å². The lowest BCUT2D eigenvalue weighted by atomic mass is 10.1. The van der Waals surface area contributed by atoms with Gasteiger partial charge in [-0.05, 0) is 55.6 Å². The number of hydrogen-bond donors (Lipinski definition) is 2. The minimum atomic E-state index is -0.140. The van der Waals surface area contributed by atoms with Crippen molar-refractivity contribution in [3.8, 4) is 5.75 Å². The average Bonchev–Trinajstić information content (AvgIpc) is 3.19. The predicted molar refractivity (Wildman–Crippen MR) is 134 cm³/mol. The fourth-order valence-electron chi connectivity index (χ4n) is 4.11. The molecule has 1 saturated heterocycles. The predicted octanol–water partition coefficient (Wildman–Crippen LogP) is 3.86. The molecule has 4 rings (SSSR count). The highest BCUT2D eigenvalue weighted by Crippen LogP contribution is 2.18. The van der Waals surface area contributed by atoms with E-state index in [0.29, 0.717) is 31.5 Å². The topological polar surface area (TPSA) is 84.3 Å². The van der Waals surface area contributed by atoms with Gasteiger partial charge >= 0.3 is 0 Å². The quantitative estimate of drug-likeness (QED) is 0.421. The summed E-state index contributed by atoms with van der Waals surface area (Å²) in [6, 6.07) is 18.0. The smallest absolute Gasteiger partial charge is 0.250 e. The van der Waals surface area contributed by atoms with E-state index in [1.165, 1.54) is 37.9 Å². The van der Waals surface area contributed by atoms with Crippen molar-refractivity contribution in [1.82, 2.24) is 19.7 Å². The van der Waals surface area contributed by atoms with Gasteiger partial charge in [0.15, 0.2) is 0 Å². The molecule has 1 aliphatic rings. The molecule has 2 N–H and O–H groups in total. The molecule has 1 aromatic heterocycles. The maximum Gasteiger partial charge on any atom is 0.250 e. The minimum Gasteiger partial charge on any atom is -0.494 e. The van der Waals surface area contributed by atoms with Gasteiger partial charge in [0, 0.05) is 20.1 Å². The van der Waals surface area contributed by atoms with Crippen molar-refractivity contribution in [3.63, 3.8) is 0 Å². The third kappa shape index (κ3) is 7.31. The molecular weight excluding hydrogens is 428 g/mol. The van der Waals surface area contributed by atoms with Crippen molar-refractivity contribution in [1.29, 1.82) is 0 Å². The van der Waals surface area contributed by atoms with Gasteiger partial charge in [-0.2, -0.15) is 4.98 Å². The lowest BCUT2D eigenvalue weighted by Crippen LogP contribution is -2.29. The first-order valence-electron chi connectivity index (χ1n) is 12.1. The summed E-state index contributed by atoms with van der Waals surface area (Å²) in [5.74, 6) is 1.68. The van der Waals surface area contributed by atoms with Crippen molar-refractivity contribution in [2.24, 2.45) is 7.05 Å². The molecule has 0 unspecified atom stereocenters. The molecule has 1 amide bonds. The highest BCUT2D eigenvalue weighted by Gasteiger charge is 2.12. The molecule has 1 aliphatic heterocycles. The molecule has 180 valence electrons. The zero-order valence-corrected chi connectivity index (χ0v) is 19.9. The largest absolute Gasteiger partial charge is 0.494 e. The second kappa shape index (κ2) is 12.2. The number of carbonyl (C=O) groups excluding carboxylic acids is 1. The van der Waals surface area contributed by atoms with Crippen LogP contribution in [0.2, 0.25) is 0 Å². The second-order valence-corrected chi connectivity index (χ2v) is 8.71. The Hall–Kier alpha value is -3.39. The van der Waals surface area contributed by atoms with E-state index in [1.807, 2.05) is 36.4 Å². The molecule has 3 aromatic rings. The summed E-state index contributed by atoms with van der Waals surface area (Å²) in [7, 11) is 1.80. The second-order valence-electron chi connectivity index (χ2n) is 8.71. The fraction of sp³-hybridized carbons (Fsp3) is 0.423. The highest BCUT2D eigenvalue weighted by molar-refractivity contribution is 5.90. The maximum absolute atomic E-state index is 12.2. The standard InChI is InChI=1S/C26H34N6O2/c1-31-26(29-25(30-31)28-24(33)19-21-10-4-2-5-11-21)27-14-9-17-34-23-13-8-12-22(18-23)20-32-15-6-3-7-16-32/h2,4-5,8,10-13,18H,3,6-7,9,14-17,19-20H2,1H3,(H2,27,28,29,30,33). The summed E-state index contributed by atoms with van der Waals surface area (Å²) in [6.45, 7) is 4.68. The molecule has 0 aliphatic carbocycles. The van der Waals surface area contributed by atoms with Crippen molar-refractivity contribution in [3.05, 3.63) is 65.7 Å². The number of likely N-dealkylation sites (tertiary alicyclic amines) is 1. The van der Waals surface area contributed by atoms with Crippen LogP contribution in [0.15, 0.2) is 54.6 Å². The maximum atomic E-state index is 12.2. The average molecular weight is 463 g/mol. The Labute approximate surface area is 201 Å². The number of rotatable bonds is 11. The van der Waals surface area contributed by atoms with E-state index in [4.69, 9.17) is 4.74 Å². The summed E-state index contributed by atoms with van der Waals surface area (Å²) in [4.78, 5) is 19.1. The van der Waals surface area contributed by atoms with Crippen LogP contribution >= 0.6 is 0 Å². The van der Waals surface area contributed by atoms with Crippen LogP contribution in [-0.4, -0.2) is 51.8 Å². The van der Waals surface area contributed by atoms with Crippen LogP contribution in [-0.2, 0) is 24.8 Å². The summed E-state index contributed by atoms with van der Waals surface area (Å²) in [6.07, 6.45) is 5.07. The molecule has 8 nitrogen and oxygen atoms in total. The van der Waals surface area contributed by atoms with E-state index >= 15 is 0 Å². The molecule has 0 spiro atoms. The summed E-state index contributed by atoms with van der Waals surface area (Å²) >= 11 is 0. The minimum absolute atomic E-state index is 0.140. The van der Waals surface area contributed by atoms with Crippen molar-refractivity contribution >= 4 is 17.8 Å². The first-order valence-corrected chi connectivity index (χ1v) is 12.1. The van der Waals surface area contributed by atoms with Gasteiger partial charge in [0.2, 0.25) is 11.9 Å². The van der Waals surface area contributed by atoms with Crippen molar-refractivity contribution in [2.45, 2.75) is 38.6 Å². The van der Waals surface area contributed by atoms with Gasteiger partial charge in [0.05, 0.1) is 13.0 Å². The van der Waals surface area contributed by atoms with Gasteiger partial charge < -0.3 is 10.1 Å². The monoisotopic (exact) mass is 462 g/mol. The molecule has 34 heavy (non-hydrogen) atoms. The molecule has 0 saturated carbocycles. The number of nitrogens with zero attached hydrogens (tertiary/aromatic N) is 4. The van der Waals surface area contributed by atoms with E-state index < -0.39 is 0 Å². The number of anilines is 2. The molecular formula is C26H34N6O2. The van der Waals surface area contributed by atoms with Crippen LogP contribution in [0.3, 0.4) is 0 Å². The molecule has 0 bridgehead atoms. The van der Waals surface area contributed by atoms with Crippen molar-refractivity contribution < 1.29 is 9.53 Å². The van der Waals surface area contributed by atoms with Crippen LogP contribution < -0.4 is 15.4 Å². The Bertz CT molecular complexity index is 1050. The number of aromatic nitrogens is 3. The Balaban J connectivity index is 1.17. The van der Waals surface area contributed by atoms with Crippen LogP contribution in [0.25, 0.3) is 0 Å². The Morgan fingerprint density at radius 2 is 1.82 bits per heavy atom. The van der Waals surface area contributed by atoms with Crippen molar-refractivity contribution in [2.75, 3.05) is 36.9 Å². The van der Waals surface area contributed by atoms with Gasteiger partial charge in [-0.25, -0.2) is 4.68 Å². The van der Waals surface area contributed by atoms with E-state index in [9.17, 15) is 4.79 Å². The number of amides is 1. The molecule has 0 radical (unpaired) electrons. The number of piperidine rings is 1. The first-order chi connectivity index (χ1) is 16.7.